The molecule has 46 heavy (non-hydrogen) atoms. The smallest absolute Gasteiger partial charge is 0.0702 e. The molecule has 0 atom stereocenters. The zero-order valence-electron chi connectivity index (χ0n) is 26.8. The van der Waals surface area contributed by atoms with Crippen molar-refractivity contribution in [2.45, 2.75) is 27.7 Å². The second-order valence-electron chi connectivity index (χ2n) is 11.9. The number of nitrogens with zero attached hydrogens (tertiary/aromatic N) is 2. The molecule has 0 amide bonds. The second kappa shape index (κ2) is 12.4. The second-order valence-corrected chi connectivity index (χ2v) is 11.9. The maximum atomic E-state index is 4.85. The summed E-state index contributed by atoms with van der Waals surface area (Å²) in [5.41, 5.74) is 19.1. The van der Waals surface area contributed by atoms with Crippen LogP contribution in [-0.2, 0) is 0 Å². The first-order chi connectivity index (χ1) is 22.5. The van der Waals surface area contributed by atoms with Gasteiger partial charge >= 0.3 is 0 Å². The van der Waals surface area contributed by atoms with Crippen molar-refractivity contribution >= 4 is 0 Å². The van der Waals surface area contributed by atoms with Gasteiger partial charge in [-0.25, -0.2) is 0 Å². The molecule has 7 aromatic rings. The molecule has 2 heteroatoms. The van der Waals surface area contributed by atoms with E-state index in [0.29, 0.717) is 0 Å². The molecule has 0 aliphatic heterocycles. The molecule has 0 unspecified atom stereocenters. The molecule has 2 heterocycles. The molecule has 0 bridgehead atoms. The molecule has 222 valence electrons. The molecule has 0 spiro atoms. The third-order valence-electron chi connectivity index (χ3n) is 9.31. The molecular formula is C44H36N2. The summed E-state index contributed by atoms with van der Waals surface area (Å²) in [6.45, 7) is 9.08. The van der Waals surface area contributed by atoms with Gasteiger partial charge in [-0.2, -0.15) is 0 Å². The van der Waals surface area contributed by atoms with Crippen LogP contribution in [-0.4, -0.2) is 9.97 Å². The lowest BCUT2D eigenvalue weighted by Gasteiger charge is -2.24. The molecule has 0 saturated heterocycles. The zero-order chi connectivity index (χ0) is 31.6. The normalized spacial score (nSPS) is 11.0. The van der Waals surface area contributed by atoms with E-state index in [1.54, 1.807) is 0 Å². The van der Waals surface area contributed by atoms with Gasteiger partial charge in [-0.15, -0.1) is 0 Å². The van der Waals surface area contributed by atoms with Crippen LogP contribution in [0.15, 0.2) is 146 Å². The van der Waals surface area contributed by atoms with Gasteiger partial charge in [0, 0.05) is 34.6 Å². The summed E-state index contributed by atoms with van der Waals surface area (Å²) in [6.07, 6.45) is 4.01. The number of pyridine rings is 2. The fourth-order valence-corrected chi connectivity index (χ4v) is 6.69. The predicted molar refractivity (Wildman–Crippen MR) is 194 cm³/mol. The summed E-state index contributed by atoms with van der Waals surface area (Å²) in [7, 11) is 0. The van der Waals surface area contributed by atoms with Gasteiger partial charge in [0.15, 0.2) is 0 Å². The SMILES string of the molecule is Cc1c(C)c(-c2ccccc2-c2ccc(-c3ccccc3)nc2)c(C)c(C)c1-c1ccccc1-c1ccc(-c2ccccc2)nc1. The number of benzene rings is 5. The van der Waals surface area contributed by atoms with Crippen LogP contribution in [0.25, 0.3) is 67.0 Å². The van der Waals surface area contributed by atoms with E-state index in [2.05, 4.69) is 149 Å². The minimum Gasteiger partial charge on any atom is -0.256 e. The summed E-state index contributed by atoms with van der Waals surface area (Å²) in [4.78, 5) is 9.70. The lowest BCUT2D eigenvalue weighted by atomic mass is 9.80. The topological polar surface area (TPSA) is 25.8 Å². The van der Waals surface area contributed by atoms with Crippen molar-refractivity contribution in [3.05, 3.63) is 168 Å². The highest BCUT2D eigenvalue weighted by Crippen LogP contribution is 2.44. The van der Waals surface area contributed by atoms with Crippen molar-refractivity contribution in [3.63, 3.8) is 0 Å². The van der Waals surface area contributed by atoms with Crippen LogP contribution in [0.2, 0.25) is 0 Å². The Morgan fingerprint density at radius 2 is 0.630 bits per heavy atom. The Morgan fingerprint density at radius 1 is 0.304 bits per heavy atom. The molecule has 7 rings (SSSR count). The summed E-state index contributed by atoms with van der Waals surface area (Å²) < 4.78 is 0. The van der Waals surface area contributed by atoms with E-state index in [1.807, 2.05) is 24.5 Å². The van der Waals surface area contributed by atoms with E-state index in [4.69, 9.17) is 9.97 Å². The summed E-state index contributed by atoms with van der Waals surface area (Å²) in [5.74, 6) is 0. The van der Waals surface area contributed by atoms with Crippen molar-refractivity contribution in [2.24, 2.45) is 0 Å². The molecule has 0 aliphatic rings. The molecule has 0 saturated carbocycles. The highest BCUT2D eigenvalue weighted by atomic mass is 14.7. The maximum Gasteiger partial charge on any atom is 0.0702 e. The first-order valence-electron chi connectivity index (χ1n) is 15.8. The fraction of sp³-hybridized carbons (Fsp3) is 0.0909. The largest absolute Gasteiger partial charge is 0.256 e. The van der Waals surface area contributed by atoms with E-state index in [-0.39, 0.29) is 0 Å². The van der Waals surface area contributed by atoms with Crippen molar-refractivity contribution < 1.29 is 0 Å². The van der Waals surface area contributed by atoms with Crippen LogP contribution in [0, 0.1) is 27.7 Å². The van der Waals surface area contributed by atoms with Gasteiger partial charge in [-0.05, 0) is 95.5 Å². The first-order valence-corrected chi connectivity index (χ1v) is 15.8. The fourth-order valence-electron chi connectivity index (χ4n) is 6.69. The minimum atomic E-state index is 0.980. The van der Waals surface area contributed by atoms with E-state index in [1.165, 1.54) is 55.6 Å². The zero-order valence-corrected chi connectivity index (χ0v) is 26.8. The Balaban J connectivity index is 1.31. The Morgan fingerprint density at radius 3 is 0.957 bits per heavy atom. The van der Waals surface area contributed by atoms with Gasteiger partial charge < -0.3 is 0 Å². The molecule has 0 N–H and O–H groups in total. The predicted octanol–water partition coefficient (Wildman–Crippen LogP) is 11.7. The maximum absolute atomic E-state index is 4.85. The molecule has 2 nitrogen and oxygen atoms in total. The average molecular weight is 593 g/mol. The highest BCUT2D eigenvalue weighted by Gasteiger charge is 2.21. The standard InChI is InChI=1S/C44H36N2/c1-29-30(2)44(40-22-14-12-20-38(40)36-24-26-42(46-28-36)34-17-9-6-10-18-34)32(4)31(3)43(29)39-21-13-11-19-37(39)35-23-25-41(45-27-35)33-15-7-5-8-16-33/h5-28H,1-4H3. The Bertz CT molecular complexity index is 1960. The number of hydrogen-bond acceptors (Lipinski definition) is 2. The Labute approximate surface area is 272 Å². The van der Waals surface area contributed by atoms with Crippen molar-refractivity contribution in [1.29, 1.82) is 0 Å². The molecule has 5 aromatic carbocycles. The minimum absolute atomic E-state index is 0.980. The third-order valence-corrected chi connectivity index (χ3v) is 9.31. The van der Waals surface area contributed by atoms with Crippen LogP contribution in [0.3, 0.4) is 0 Å². The van der Waals surface area contributed by atoms with Gasteiger partial charge in [0.1, 0.15) is 0 Å². The van der Waals surface area contributed by atoms with Crippen molar-refractivity contribution in [1.82, 2.24) is 9.97 Å². The van der Waals surface area contributed by atoms with Gasteiger partial charge in [0.2, 0.25) is 0 Å². The van der Waals surface area contributed by atoms with Crippen LogP contribution >= 0.6 is 0 Å². The van der Waals surface area contributed by atoms with E-state index >= 15 is 0 Å². The number of aromatic nitrogens is 2. The van der Waals surface area contributed by atoms with Crippen molar-refractivity contribution in [2.75, 3.05) is 0 Å². The molecular weight excluding hydrogens is 556 g/mol. The quantitative estimate of drug-likeness (QED) is 0.192. The average Bonchev–Trinajstić information content (AvgIpc) is 3.12. The monoisotopic (exact) mass is 592 g/mol. The molecule has 0 radical (unpaired) electrons. The van der Waals surface area contributed by atoms with Crippen LogP contribution in [0.5, 0.6) is 0 Å². The van der Waals surface area contributed by atoms with Gasteiger partial charge in [-0.3, -0.25) is 9.97 Å². The first kappa shape index (κ1) is 29.1. The summed E-state index contributed by atoms with van der Waals surface area (Å²) in [5, 5.41) is 0. The lowest BCUT2D eigenvalue weighted by Crippen LogP contribution is -2.02. The lowest BCUT2D eigenvalue weighted by molar-refractivity contribution is 1.24. The number of rotatable bonds is 6. The highest BCUT2D eigenvalue weighted by molar-refractivity contribution is 5.93. The Hall–Kier alpha value is -5.60. The molecule has 2 aromatic heterocycles. The molecule has 0 fully saturated rings. The summed E-state index contributed by atoms with van der Waals surface area (Å²) in [6, 6.07) is 46.8. The van der Waals surface area contributed by atoms with Crippen molar-refractivity contribution in [3.8, 4) is 67.0 Å². The van der Waals surface area contributed by atoms with Crippen LogP contribution < -0.4 is 0 Å². The third kappa shape index (κ3) is 5.33. The van der Waals surface area contributed by atoms with Crippen LogP contribution in [0.4, 0.5) is 0 Å². The van der Waals surface area contributed by atoms with Crippen LogP contribution in [0.1, 0.15) is 22.3 Å². The van der Waals surface area contributed by atoms with E-state index in [0.717, 1.165) is 33.6 Å². The van der Waals surface area contributed by atoms with E-state index in [9.17, 15) is 0 Å². The van der Waals surface area contributed by atoms with Gasteiger partial charge in [0.25, 0.3) is 0 Å². The van der Waals surface area contributed by atoms with E-state index < -0.39 is 0 Å². The molecule has 0 aliphatic carbocycles. The van der Waals surface area contributed by atoms with Gasteiger partial charge in [0.05, 0.1) is 11.4 Å². The number of hydrogen-bond donors (Lipinski definition) is 0. The Kier molecular flexibility index (Phi) is 7.86. The summed E-state index contributed by atoms with van der Waals surface area (Å²) >= 11 is 0. The van der Waals surface area contributed by atoms with Gasteiger partial charge in [-0.1, -0.05) is 121 Å².